The van der Waals surface area contributed by atoms with Gasteiger partial charge in [-0.3, -0.25) is 9.20 Å². The Morgan fingerprint density at radius 2 is 1.00 bits per heavy atom. The number of nitrogens with zero attached hydrogens (tertiary/aromatic N) is 2. The van der Waals surface area contributed by atoms with Crippen LogP contribution in [0.25, 0.3) is 120 Å². The molecule has 0 radical (unpaired) electrons. The second kappa shape index (κ2) is 11.5. The summed E-state index contributed by atoms with van der Waals surface area (Å²) in [6.45, 7) is 4.72. The van der Waals surface area contributed by atoms with Crippen molar-refractivity contribution in [1.82, 2.24) is 8.97 Å². The van der Waals surface area contributed by atoms with Crippen LogP contribution in [0.2, 0.25) is 0 Å². The first-order valence-electron chi connectivity index (χ1n) is 21.2. The Hall–Kier alpha value is -7.75. The Morgan fingerprint density at radius 3 is 1.79 bits per heavy atom. The Morgan fingerprint density at radius 1 is 0.393 bits per heavy atom. The van der Waals surface area contributed by atoms with Crippen molar-refractivity contribution in [3.05, 3.63) is 203 Å². The third-order valence-corrected chi connectivity index (χ3v) is 14.2. The molecule has 3 heterocycles. The van der Waals surface area contributed by atoms with Gasteiger partial charge in [0.15, 0.2) is 0 Å². The van der Waals surface area contributed by atoms with Crippen LogP contribution in [0.5, 0.6) is 0 Å². The molecule has 0 aliphatic heterocycles. The van der Waals surface area contributed by atoms with Gasteiger partial charge in [0, 0.05) is 43.4 Å². The number of benzene rings is 10. The van der Waals surface area contributed by atoms with Gasteiger partial charge in [-0.2, -0.15) is 0 Å². The molecule has 3 heteroatoms. The van der Waals surface area contributed by atoms with Crippen LogP contribution in [-0.2, 0) is 5.41 Å². The number of para-hydroxylation sites is 2. The Bertz CT molecular complexity index is 4160. The summed E-state index contributed by atoms with van der Waals surface area (Å²) in [7, 11) is 0. The lowest BCUT2D eigenvalue weighted by Gasteiger charge is -2.21. The molecule has 0 bridgehead atoms. The van der Waals surface area contributed by atoms with Crippen molar-refractivity contribution in [2.24, 2.45) is 0 Å². The maximum Gasteiger partial charge on any atom is 0.263 e. The van der Waals surface area contributed by atoms with E-state index in [0.29, 0.717) is 0 Å². The van der Waals surface area contributed by atoms with Crippen molar-refractivity contribution in [2.75, 3.05) is 0 Å². The average Bonchev–Trinajstić information content (AvgIpc) is 3.91. The maximum atomic E-state index is 14.6. The Labute approximate surface area is 350 Å². The van der Waals surface area contributed by atoms with Crippen molar-refractivity contribution in [2.45, 2.75) is 19.3 Å². The second-order valence-electron chi connectivity index (χ2n) is 17.5. The predicted molar refractivity (Wildman–Crippen MR) is 257 cm³/mol. The van der Waals surface area contributed by atoms with Gasteiger partial charge < -0.3 is 4.57 Å². The fourth-order valence-corrected chi connectivity index (χ4v) is 11.6. The molecule has 1 aliphatic carbocycles. The van der Waals surface area contributed by atoms with E-state index in [-0.39, 0.29) is 11.0 Å². The molecule has 10 aromatic carbocycles. The molecule has 284 valence electrons. The molecule has 3 aromatic heterocycles. The lowest BCUT2D eigenvalue weighted by Crippen LogP contribution is -2.14. The molecule has 0 unspecified atom stereocenters. The Balaban J connectivity index is 1.15. The zero-order valence-corrected chi connectivity index (χ0v) is 33.6. The smallest absolute Gasteiger partial charge is 0.263 e. The number of hydrogen-bond acceptors (Lipinski definition) is 1. The molecule has 13 aromatic rings. The minimum Gasteiger partial charge on any atom is -0.309 e. The zero-order valence-electron chi connectivity index (χ0n) is 33.6. The van der Waals surface area contributed by atoms with Gasteiger partial charge in [0.1, 0.15) is 0 Å². The van der Waals surface area contributed by atoms with Crippen LogP contribution in [0.1, 0.15) is 25.0 Å². The summed E-state index contributed by atoms with van der Waals surface area (Å²) in [6, 6.07) is 66.4. The van der Waals surface area contributed by atoms with Gasteiger partial charge in [0.2, 0.25) is 0 Å². The minimum atomic E-state index is -0.106. The van der Waals surface area contributed by atoms with E-state index in [1.807, 2.05) is 22.6 Å². The van der Waals surface area contributed by atoms with Crippen LogP contribution >= 0.6 is 0 Å². The fourth-order valence-electron chi connectivity index (χ4n) is 11.6. The van der Waals surface area contributed by atoms with E-state index in [4.69, 9.17) is 0 Å². The molecule has 0 amide bonds. The zero-order chi connectivity index (χ0) is 40.3. The molecular weight excluding hydrogens is 741 g/mol. The topological polar surface area (TPSA) is 26.4 Å². The Kier molecular flexibility index (Phi) is 6.24. The monoisotopic (exact) mass is 776 g/mol. The van der Waals surface area contributed by atoms with Crippen LogP contribution in [0, 0.1) is 0 Å². The molecule has 0 N–H and O–H groups in total. The van der Waals surface area contributed by atoms with Gasteiger partial charge in [0.05, 0.1) is 22.1 Å². The third kappa shape index (κ3) is 4.11. The van der Waals surface area contributed by atoms with E-state index in [0.717, 1.165) is 54.8 Å². The summed E-state index contributed by atoms with van der Waals surface area (Å²) in [6.07, 6.45) is 0. The summed E-state index contributed by atoms with van der Waals surface area (Å²) in [5.74, 6) is 0. The van der Waals surface area contributed by atoms with Crippen molar-refractivity contribution in [3.63, 3.8) is 0 Å². The molecular formula is C58H36N2O. The molecule has 0 fully saturated rings. The molecule has 3 nitrogen and oxygen atoms in total. The van der Waals surface area contributed by atoms with Crippen molar-refractivity contribution >= 4 is 92.1 Å². The van der Waals surface area contributed by atoms with E-state index in [1.54, 1.807) is 0 Å². The van der Waals surface area contributed by atoms with Crippen molar-refractivity contribution in [3.8, 4) is 27.9 Å². The van der Waals surface area contributed by atoms with Gasteiger partial charge in [-0.25, -0.2) is 0 Å². The highest BCUT2D eigenvalue weighted by Gasteiger charge is 2.37. The molecule has 14 rings (SSSR count). The van der Waals surface area contributed by atoms with Crippen molar-refractivity contribution < 1.29 is 0 Å². The summed E-state index contributed by atoms with van der Waals surface area (Å²) in [4.78, 5) is 14.6. The third-order valence-electron chi connectivity index (χ3n) is 14.2. The lowest BCUT2D eigenvalue weighted by atomic mass is 9.82. The molecule has 0 atom stereocenters. The van der Waals surface area contributed by atoms with Crippen LogP contribution in [0.4, 0.5) is 0 Å². The van der Waals surface area contributed by atoms with Crippen molar-refractivity contribution in [1.29, 1.82) is 0 Å². The van der Waals surface area contributed by atoms with Gasteiger partial charge in [-0.05, 0) is 107 Å². The predicted octanol–water partition coefficient (Wildman–Crippen LogP) is 14.7. The van der Waals surface area contributed by atoms with E-state index >= 15 is 0 Å². The molecule has 0 spiro atoms. The quantitative estimate of drug-likeness (QED) is 0.161. The van der Waals surface area contributed by atoms with Gasteiger partial charge in [-0.1, -0.05) is 159 Å². The van der Waals surface area contributed by atoms with Crippen LogP contribution < -0.4 is 5.56 Å². The first-order chi connectivity index (χ1) is 30.0. The van der Waals surface area contributed by atoms with Gasteiger partial charge in [0.25, 0.3) is 5.56 Å². The number of pyridine rings is 1. The van der Waals surface area contributed by atoms with E-state index < -0.39 is 0 Å². The largest absolute Gasteiger partial charge is 0.309 e. The van der Waals surface area contributed by atoms with E-state index in [1.165, 1.54) is 76.4 Å². The molecule has 61 heavy (non-hydrogen) atoms. The summed E-state index contributed by atoms with van der Waals surface area (Å²) >= 11 is 0. The van der Waals surface area contributed by atoms with Gasteiger partial charge >= 0.3 is 0 Å². The minimum absolute atomic E-state index is 0.0177. The maximum absolute atomic E-state index is 14.6. The van der Waals surface area contributed by atoms with Gasteiger partial charge in [-0.15, -0.1) is 0 Å². The highest BCUT2D eigenvalue weighted by molar-refractivity contribution is 6.29. The molecule has 0 saturated heterocycles. The molecule has 0 saturated carbocycles. The summed E-state index contributed by atoms with van der Waals surface area (Å²) in [5, 5.41) is 14.9. The first kappa shape index (κ1) is 33.1. The average molecular weight is 777 g/mol. The fraction of sp³-hybridized carbons (Fsp3) is 0.0517. The van der Waals surface area contributed by atoms with Crippen LogP contribution in [0.3, 0.4) is 0 Å². The second-order valence-corrected chi connectivity index (χ2v) is 17.5. The summed E-state index contributed by atoms with van der Waals surface area (Å²) in [5.41, 5.74) is 12.9. The SMILES string of the molecule is CC1(C)c2ccccc2-c2c1ccc1c2c2ccccc2n1-c1cc(-c2ccc3c4cccc5c6ccccc6c(=O)n(c3c2)c54)c2c3ccccc3c3ccccc3c2c1. The number of rotatable bonds is 2. The highest BCUT2D eigenvalue weighted by Crippen LogP contribution is 2.53. The lowest BCUT2D eigenvalue weighted by molar-refractivity contribution is 0.661. The first-order valence-corrected chi connectivity index (χ1v) is 21.2. The normalized spacial score (nSPS) is 13.6. The highest BCUT2D eigenvalue weighted by atomic mass is 16.1. The molecule has 1 aliphatic rings. The number of fused-ring (bicyclic) bond motifs is 18. The van der Waals surface area contributed by atoms with Crippen LogP contribution in [0.15, 0.2) is 187 Å². The van der Waals surface area contributed by atoms with Crippen LogP contribution in [-0.4, -0.2) is 8.97 Å². The van der Waals surface area contributed by atoms with E-state index in [9.17, 15) is 4.79 Å². The number of aromatic nitrogens is 2. The number of hydrogen-bond donors (Lipinski definition) is 0. The standard InChI is InChI=1S/C58H36N2O/c1-58(2)48-24-11-9-20-44(48)54-49(58)28-29-51-55(54)45-21-10-12-25-50(45)59(51)34-31-46(53-40-18-7-5-15-36(40)35-14-3-4-16-37(35)47(53)32-34)33-26-27-39-42-23-13-22-41-38-17-6-8-19-43(38)57(61)60(56(41)42)52(39)30-33/h3-32H,1-2H3. The summed E-state index contributed by atoms with van der Waals surface area (Å²) < 4.78 is 4.46. The van der Waals surface area contributed by atoms with E-state index in [2.05, 4.69) is 182 Å².